The third-order valence-electron chi connectivity index (χ3n) is 4.44. The first-order chi connectivity index (χ1) is 14.8. The number of benzene rings is 3. The zero-order chi connectivity index (χ0) is 22.4. The van der Waals surface area contributed by atoms with E-state index < -0.39 is 22.5 Å². The molecule has 3 rings (SSSR count). The Hall–Kier alpha value is -2.74. The van der Waals surface area contributed by atoms with E-state index in [1.807, 2.05) is 12.1 Å². The Bertz CT molecular complexity index is 1150. The van der Waals surface area contributed by atoms with E-state index in [2.05, 4.69) is 5.32 Å². The summed E-state index contributed by atoms with van der Waals surface area (Å²) < 4.78 is 32.7. The molecular weight excluding hydrogens is 459 g/mol. The van der Waals surface area contributed by atoms with Crippen LogP contribution in [-0.4, -0.2) is 28.0 Å². The van der Waals surface area contributed by atoms with E-state index >= 15 is 0 Å². The molecule has 0 spiro atoms. The quantitative estimate of drug-likeness (QED) is 0.516. The van der Waals surface area contributed by atoms with Gasteiger partial charge in [-0.25, -0.2) is 8.42 Å². The van der Waals surface area contributed by atoms with Crippen molar-refractivity contribution in [2.24, 2.45) is 0 Å². The molecule has 9 heteroatoms. The average Bonchev–Trinajstić information content (AvgIpc) is 2.78. The largest absolute Gasteiger partial charge is 0.497 e. The van der Waals surface area contributed by atoms with Crippen LogP contribution < -0.4 is 14.4 Å². The highest BCUT2D eigenvalue weighted by Gasteiger charge is 2.28. The molecule has 0 aliphatic rings. The summed E-state index contributed by atoms with van der Waals surface area (Å²) in [7, 11) is -2.50. The summed E-state index contributed by atoms with van der Waals surface area (Å²) in [6.45, 7) is -0.237. The molecule has 1 N–H and O–H groups in total. The Labute approximate surface area is 191 Å². The number of carbonyl (C=O) groups excluding carboxylic acids is 1. The summed E-state index contributed by atoms with van der Waals surface area (Å²) in [6, 6.07) is 19.5. The van der Waals surface area contributed by atoms with Crippen LogP contribution in [0.4, 0.5) is 5.69 Å². The lowest BCUT2D eigenvalue weighted by atomic mass is 10.2. The summed E-state index contributed by atoms with van der Waals surface area (Å²) in [5, 5.41) is 3.19. The molecule has 6 nitrogen and oxygen atoms in total. The SMILES string of the molecule is COc1ccc(CNC(=O)CN(c2cc(Cl)ccc2Cl)S(=O)(=O)c2ccccc2)cc1. The van der Waals surface area contributed by atoms with Crippen molar-refractivity contribution in [1.29, 1.82) is 0 Å². The Balaban J connectivity index is 1.86. The zero-order valence-electron chi connectivity index (χ0n) is 16.6. The Kier molecular flexibility index (Phi) is 7.43. The molecule has 0 heterocycles. The van der Waals surface area contributed by atoms with Gasteiger partial charge in [0.15, 0.2) is 0 Å². The first-order valence-electron chi connectivity index (χ1n) is 9.24. The van der Waals surface area contributed by atoms with E-state index in [1.54, 1.807) is 43.5 Å². The second-order valence-electron chi connectivity index (χ2n) is 6.55. The van der Waals surface area contributed by atoms with E-state index in [1.165, 1.54) is 24.3 Å². The second kappa shape index (κ2) is 10.0. The summed E-state index contributed by atoms with van der Waals surface area (Å²) in [6.07, 6.45) is 0. The van der Waals surface area contributed by atoms with Crippen LogP contribution >= 0.6 is 23.2 Å². The van der Waals surface area contributed by atoms with Crippen molar-refractivity contribution < 1.29 is 17.9 Å². The molecule has 0 bridgehead atoms. The maximum atomic E-state index is 13.3. The van der Waals surface area contributed by atoms with Crippen molar-refractivity contribution in [3.63, 3.8) is 0 Å². The van der Waals surface area contributed by atoms with Crippen LogP contribution in [0.3, 0.4) is 0 Å². The fraction of sp³-hybridized carbons (Fsp3) is 0.136. The van der Waals surface area contributed by atoms with Gasteiger partial charge >= 0.3 is 0 Å². The van der Waals surface area contributed by atoms with Crippen LogP contribution in [0.1, 0.15) is 5.56 Å². The number of amides is 1. The van der Waals surface area contributed by atoms with Gasteiger partial charge in [0, 0.05) is 11.6 Å². The monoisotopic (exact) mass is 478 g/mol. The van der Waals surface area contributed by atoms with Crippen LogP contribution in [0.15, 0.2) is 77.7 Å². The van der Waals surface area contributed by atoms with Crippen LogP contribution in [0.2, 0.25) is 10.0 Å². The molecule has 31 heavy (non-hydrogen) atoms. The number of nitrogens with one attached hydrogen (secondary N) is 1. The summed E-state index contributed by atoms with van der Waals surface area (Å²) in [5.41, 5.74) is 0.963. The molecule has 0 radical (unpaired) electrons. The molecule has 1 amide bonds. The van der Waals surface area contributed by atoms with Gasteiger partial charge in [0.2, 0.25) is 5.91 Å². The third kappa shape index (κ3) is 5.70. The molecule has 0 aliphatic carbocycles. The number of anilines is 1. The topological polar surface area (TPSA) is 75.7 Å². The normalized spacial score (nSPS) is 11.1. The smallest absolute Gasteiger partial charge is 0.264 e. The number of halogens is 2. The minimum atomic E-state index is -4.07. The minimum Gasteiger partial charge on any atom is -0.497 e. The number of methoxy groups -OCH3 is 1. The van der Waals surface area contributed by atoms with E-state index in [9.17, 15) is 13.2 Å². The van der Waals surface area contributed by atoms with E-state index in [4.69, 9.17) is 27.9 Å². The highest BCUT2D eigenvalue weighted by Crippen LogP contribution is 2.32. The molecule has 3 aromatic rings. The average molecular weight is 479 g/mol. The Morgan fingerprint density at radius 1 is 1.00 bits per heavy atom. The number of hydrogen-bond donors (Lipinski definition) is 1. The van der Waals surface area contributed by atoms with Crippen LogP contribution in [-0.2, 0) is 21.4 Å². The van der Waals surface area contributed by atoms with Crippen molar-refractivity contribution in [1.82, 2.24) is 5.32 Å². The molecular formula is C22H20Cl2N2O4S. The first kappa shape index (κ1) is 22.9. The number of rotatable bonds is 8. The highest BCUT2D eigenvalue weighted by molar-refractivity contribution is 7.92. The van der Waals surface area contributed by atoms with Gasteiger partial charge in [-0.05, 0) is 48.0 Å². The van der Waals surface area contributed by atoms with Crippen molar-refractivity contribution in [2.45, 2.75) is 11.4 Å². The third-order valence-corrected chi connectivity index (χ3v) is 6.77. The Morgan fingerprint density at radius 3 is 2.32 bits per heavy atom. The molecule has 0 saturated carbocycles. The standard InChI is InChI=1S/C22H20Cl2N2O4S/c1-30-18-10-7-16(8-11-18)14-25-22(27)15-26(21-13-17(23)9-12-20(21)24)31(28,29)19-5-3-2-4-6-19/h2-13H,14-15H2,1H3,(H,25,27). The maximum Gasteiger partial charge on any atom is 0.264 e. The van der Waals surface area contributed by atoms with Gasteiger partial charge in [0.1, 0.15) is 12.3 Å². The van der Waals surface area contributed by atoms with Crippen LogP contribution in [0.5, 0.6) is 5.75 Å². The van der Waals surface area contributed by atoms with Crippen molar-refractivity contribution >= 4 is 44.8 Å². The molecule has 0 saturated heterocycles. The summed E-state index contributed by atoms with van der Waals surface area (Å²) in [5.74, 6) is 0.206. The lowest BCUT2D eigenvalue weighted by Gasteiger charge is -2.25. The van der Waals surface area contributed by atoms with Crippen molar-refractivity contribution in [3.8, 4) is 5.75 Å². The molecule has 0 aliphatic heterocycles. The van der Waals surface area contributed by atoms with Gasteiger partial charge in [0.25, 0.3) is 10.0 Å². The molecule has 162 valence electrons. The lowest BCUT2D eigenvalue weighted by Crippen LogP contribution is -2.40. The van der Waals surface area contributed by atoms with Gasteiger partial charge < -0.3 is 10.1 Å². The molecule has 0 fully saturated rings. The van der Waals surface area contributed by atoms with Gasteiger partial charge in [-0.1, -0.05) is 53.5 Å². The molecule has 0 unspecified atom stereocenters. The van der Waals surface area contributed by atoms with Gasteiger partial charge in [-0.15, -0.1) is 0 Å². The highest BCUT2D eigenvalue weighted by atomic mass is 35.5. The van der Waals surface area contributed by atoms with Gasteiger partial charge in [0.05, 0.1) is 22.7 Å². The van der Waals surface area contributed by atoms with E-state index in [-0.39, 0.29) is 22.2 Å². The first-order valence-corrected chi connectivity index (χ1v) is 11.4. The lowest BCUT2D eigenvalue weighted by molar-refractivity contribution is -0.119. The number of sulfonamides is 1. The van der Waals surface area contributed by atoms with Crippen molar-refractivity contribution in [3.05, 3.63) is 88.4 Å². The summed E-state index contributed by atoms with van der Waals surface area (Å²) in [4.78, 5) is 12.7. The van der Waals surface area contributed by atoms with Crippen LogP contribution in [0.25, 0.3) is 0 Å². The van der Waals surface area contributed by atoms with E-state index in [0.29, 0.717) is 10.8 Å². The maximum absolute atomic E-state index is 13.3. The number of nitrogens with zero attached hydrogens (tertiary/aromatic N) is 1. The van der Waals surface area contributed by atoms with Gasteiger partial charge in [-0.2, -0.15) is 0 Å². The zero-order valence-corrected chi connectivity index (χ0v) is 18.9. The van der Waals surface area contributed by atoms with Crippen molar-refractivity contribution in [2.75, 3.05) is 18.0 Å². The second-order valence-corrected chi connectivity index (χ2v) is 9.25. The van der Waals surface area contributed by atoms with E-state index in [0.717, 1.165) is 9.87 Å². The predicted octanol–water partition coefficient (Wildman–Crippen LogP) is 4.51. The number of carbonyl (C=O) groups is 1. The van der Waals surface area contributed by atoms with Crippen LogP contribution in [0, 0.1) is 0 Å². The summed E-state index contributed by atoms with van der Waals surface area (Å²) >= 11 is 12.3. The molecule has 3 aromatic carbocycles. The minimum absolute atomic E-state index is 0.0361. The number of hydrogen-bond acceptors (Lipinski definition) is 4. The number of ether oxygens (including phenoxy) is 1. The Morgan fingerprint density at radius 2 is 1.68 bits per heavy atom. The molecule has 0 aromatic heterocycles. The fourth-order valence-electron chi connectivity index (χ4n) is 2.83. The predicted molar refractivity (Wildman–Crippen MR) is 122 cm³/mol. The molecule has 0 atom stereocenters. The van der Waals surface area contributed by atoms with Gasteiger partial charge in [-0.3, -0.25) is 9.10 Å². The fourth-order valence-corrected chi connectivity index (χ4v) is 4.72.